The lowest BCUT2D eigenvalue weighted by Gasteiger charge is -2.11. The van der Waals surface area contributed by atoms with Gasteiger partial charge in [-0.25, -0.2) is 4.39 Å². The molecule has 0 aliphatic heterocycles. The summed E-state index contributed by atoms with van der Waals surface area (Å²) in [5.41, 5.74) is 4.05. The quantitative estimate of drug-likeness (QED) is 0.862. The minimum Gasteiger partial charge on any atom is -0.489 e. The fourth-order valence-electron chi connectivity index (χ4n) is 2.08. The van der Waals surface area contributed by atoms with Gasteiger partial charge < -0.3 is 10.1 Å². The normalized spacial score (nSPS) is 10.7. The highest BCUT2D eigenvalue weighted by Gasteiger charge is 2.05. The first-order valence-corrected chi connectivity index (χ1v) is 7.28. The Balaban J connectivity index is 2.06. The minimum absolute atomic E-state index is 0.223. The fourth-order valence-corrected chi connectivity index (χ4v) is 2.08. The first-order valence-electron chi connectivity index (χ1n) is 7.28. The molecule has 0 atom stereocenters. The Kier molecular flexibility index (Phi) is 5.34. The van der Waals surface area contributed by atoms with Crippen LogP contribution in [-0.4, -0.2) is 6.54 Å². The van der Waals surface area contributed by atoms with E-state index in [1.54, 1.807) is 6.07 Å². The Morgan fingerprint density at radius 1 is 1.05 bits per heavy atom. The van der Waals surface area contributed by atoms with E-state index >= 15 is 0 Å². The molecule has 0 aliphatic carbocycles. The maximum absolute atomic E-state index is 13.8. The summed E-state index contributed by atoms with van der Waals surface area (Å²) >= 11 is 0. The van der Waals surface area contributed by atoms with Crippen LogP contribution in [-0.2, 0) is 13.2 Å². The van der Waals surface area contributed by atoms with Gasteiger partial charge in [-0.2, -0.15) is 0 Å². The fraction of sp³-hybridized carbons (Fsp3) is 0.333. The first-order chi connectivity index (χ1) is 10.1. The van der Waals surface area contributed by atoms with Crippen LogP contribution in [0.3, 0.4) is 0 Å². The van der Waals surface area contributed by atoms with Crippen LogP contribution in [0.4, 0.5) is 4.39 Å². The van der Waals surface area contributed by atoms with Crippen LogP contribution in [0.25, 0.3) is 0 Å². The van der Waals surface area contributed by atoms with Crippen molar-refractivity contribution in [3.8, 4) is 5.75 Å². The standard InChI is InChI=1S/C18H22FNO/c1-4-20-11-15-6-8-18(19)16(10-15)12-21-17-7-5-13(2)14(3)9-17/h5-10,20H,4,11-12H2,1-3H3. The summed E-state index contributed by atoms with van der Waals surface area (Å²) in [5.74, 6) is 0.550. The third-order valence-corrected chi connectivity index (χ3v) is 3.56. The van der Waals surface area contributed by atoms with Gasteiger partial charge in [0.05, 0.1) is 0 Å². The van der Waals surface area contributed by atoms with E-state index in [0.717, 1.165) is 24.4 Å². The number of rotatable bonds is 6. The molecule has 0 unspecified atom stereocenters. The average molecular weight is 287 g/mol. The molecule has 0 aromatic heterocycles. The van der Waals surface area contributed by atoms with Gasteiger partial charge in [0.2, 0.25) is 0 Å². The summed E-state index contributed by atoms with van der Waals surface area (Å²) < 4.78 is 19.5. The molecule has 1 N–H and O–H groups in total. The summed E-state index contributed by atoms with van der Waals surface area (Å²) in [6, 6.07) is 11.1. The molecule has 21 heavy (non-hydrogen) atoms. The van der Waals surface area contributed by atoms with Gasteiger partial charge in [0.15, 0.2) is 0 Å². The van der Waals surface area contributed by atoms with E-state index in [2.05, 4.69) is 12.2 Å². The monoisotopic (exact) mass is 287 g/mol. The second-order valence-corrected chi connectivity index (χ2v) is 5.24. The number of halogens is 1. The van der Waals surface area contributed by atoms with Crippen LogP contribution >= 0.6 is 0 Å². The summed E-state index contributed by atoms with van der Waals surface area (Å²) in [6.45, 7) is 8.03. The van der Waals surface area contributed by atoms with Crippen molar-refractivity contribution in [2.24, 2.45) is 0 Å². The number of hydrogen-bond donors (Lipinski definition) is 1. The van der Waals surface area contributed by atoms with Gasteiger partial charge in [0.1, 0.15) is 18.2 Å². The highest BCUT2D eigenvalue weighted by molar-refractivity contribution is 5.34. The average Bonchev–Trinajstić information content (AvgIpc) is 2.48. The van der Waals surface area contributed by atoms with E-state index in [1.165, 1.54) is 17.2 Å². The molecule has 0 saturated heterocycles. The number of benzene rings is 2. The van der Waals surface area contributed by atoms with Crippen molar-refractivity contribution in [1.82, 2.24) is 5.32 Å². The zero-order chi connectivity index (χ0) is 15.2. The molecule has 0 aliphatic rings. The minimum atomic E-state index is -0.223. The molecule has 0 spiro atoms. The number of hydrogen-bond acceptors (Lipinski definition) is 2. The van der Waals surface area contributed by atoms with Gasteiger partial charge >= 0.3 is 0 Å². The van der Waals surface area contributed by atoms with Crippen LogP contribution in [0.1, 0.15) is 29.2 Å². The second kappa shape index (κ2) is 7.23. The molecule has 3 heteroatoms. The molecule has 112 valence electrons. The Morgan fingerprint density at radius 3 is 2.57 bits per heavy atom. The number of nitrogens with one attached hydrogen (secondary N) is 1. The summed E-state index contributed by atoms with van der Waals surface area (Å²) in [6.07, 6.45) is 0. The molecule has 0 saturated carbocycles. The molecule has 2 aromatic rings. The molecule has 2 rings (SSSR count). The van der Waals surface area contributed by atoms with Gasteiger partial charge in [-0.15, -0.1) is 0 Å². The third kappa shape index (κ3) is 4.30. The molecule has 2 nitrogen and oxygen atoms in total. The van der Waals surface area contributed by atoms with E-state index < -0.39 is 0 Å². The molecule has 2 aromatic carbocycles. The van der Waals surface area contributed by atoms with Crippen LogP contribution in [0.2, 0.25) is 0 Å². The van der Waals surface area contributed by atoms with E-state index in [9.17, 15) is 4.39 Å². The lowest BCUT2D eigenvalue weighted by atomic mass is 10.1. The van der Waals surface area contributed by atoms with Gasteiger partial charge in [0.25, 0.3) is 0 Å². The molecule has 0 radical (unpaired) electrons. The maximum Gasteiger partial charge on any atom is 0.129 e. The molecule has 0 fully saturated rings. The molecular formula is C18H22FNO. The molecule has 0 heterocycles. The summed E-state index contributed by atoms with van der Waals surface area (Å²) in [4.78, 5) is 0. The van der Waals surface area contributed by atoms with Crippen LogP contribution in [0, 0.1) is 19.7 Å². The van der Waals surface area contributed by atoms with Crippen LogP contribution in [0.5, 0.6) is 5.75 Å². The van der Waals surface area contributed by atoms with Crippen LogP contribution in [0.15, 0.2) is 36.4 Å². The van der Waals surface area contributed by atoms with Crippen molar-refractivity contribution < 1.29 is 9.13 Å². The maximum atomic E-state index is 13.8. The topological polar surface area (TPSA) is 21.3 Å². The molecule has 0 bridgehead atoms. The Morgan fingerprint density at radius 2 is 1.86 bits per heavy atom. The lowest BCUT2D eigenvalue weighted by molar-refractivity contribution is 0.299. The predicted molar refractivity (Wildman–Crippen MR) is 84.0 cm³/mol. The van der Waals surface area contributed by atoms with Crippen LogP contribution < -0.4 is 10.1 Å². The smallest absolute Gasteiger partial charge is 0.129 e. The van der Waals surface area contributed by atoms with Crippen molar-refractivity contribution in [1.29, 1.82) is 0 Å². The van der Waals surface area contributed by atoms with E-state index in [1.807, 2.05) is 38.1 Å². The van der Waals surface area contributed by atoms with Crippen molar-refractivity contribution >= 4 is 0 Å². The summed E-state index contributed by atoms with van der Waals surface area (Å²) in [5, 5.41) is 3.24. The SMILES string of the molecule is CCNCc1ccc(F)c(COc2ccc(C)c(C)c2)c1. The van der Waals surface area contributed by atoms with Gasteiger partial charge in [-0.05, 0) is 61.3 Å². The number of aryl methyl sites for hydroxylation is 2. The molecular weight excluding hydrogens is 265 g/mol. The van der Waals surface area contributed by atoms with Crippen molar-refractivity contribution in [3.05, 3.63) is 64.5 Å². The van der Waals surface area contributed by atoms with Crippen molar-refractivity contribution in [3.63, 3.8) is 0 Å². The van der Waals surface area contributed by atoms with Gasteiger partial charge in [-0.3, -0.25) is 0 Å². The number of ether oxygens (including phenoxy) is 1. The second-order valence-electron chi connectivity index (χ2n) is 5.24. The highest BCUT2D eigenvalue weighted by Crippen LogP contribution is 2.19. The Bertz CT molecular complexity index is 610. The summed E-state index contributed by atoms with van der Waals surface area (Å²) in [7, 11) is 0. The van der Waals surface area contributed by atoms with Gasteiger partial charge in [-0.1, -0.05) is 19.1 Å². The van der Waals surface area contributed by atoms with Crippen molar-refractivity contribution in [2.75, 3.05) is 6.54 Å². The zero-order valence-corrected chi connectivity index (χ0v) is 12.9. The Labute approximate surface area is 126 Å². The van der Waals surface area contributed by atoms with Crippen molar-refractivity contribution in [2.45, 2.75) is 33.9 Å². The van der Waals surface area contributed by atoms with Gasteiger partial charge in [0, 0.05) is 12.1 Å². The Hall–Kier alpha value is -1.87. The largest absolute Gasteiger partial charge is 0.489 e. The van der Waals surface area contributed by atoms with E-state index in [4.69, 9.17) is 4.74 Å². The third-order valence-electron chi connectivity index (χ3n) is 3.56. The van der Waals surface area contributed by atoms with E-state index in [-0.39, 0.29) is 12.4 Å². The molecule has 0 amide bonds. The lowest BCUT2D eigenvalue weighted by Crippen LogP contribution is -2.12. The predicted octanol–water partition coefficient (Wildman–Crippen LogP) is 4.13. The van der Waals surface area contributed by atoms with E-state index in [0.29, 0.717) is 5.56 Å². The zero-order valence-electron chi connectivity index (χ0n) is 12.9. The first kappa shape index (κ1) is 15.5. The highest BCUT2D eigenvalue weighted by atomic mass is 19.1.